The van der Waals surface area contributed by atoms with Gasteiger partial charge in [0, 0.05) is 13.2 Å². The van der Waals surface area contributed by atoms with Gasteiger partial charge < -0.3 is 10.3 Å². The SMILES string of the molecule is COC1C([N+](=O)[O-])=CC=[C]C1=[N+]=[N-]. The first kappa shape index (κ1) is 9.31. The highest BCUT2D eigenvalue weighted by Gasteiger charge is 2.36. The van der Waals surface area contributed by atoms with Crippen molar-refractivity contribution in [3.63, 3.8) is 0 Å². The van der Waals surface area contributed by atoms with Crippen LogP contribution in [0.2, 0.25) is 0 Å². The van der Waals surface area contributed by atoms with E-state index in [4.69, 9.17) is 10.3 Å². The third-order valence-corrected chi connectivity index (χ3v) is 1.56. The van der Waals surface area contributed by atoms with E-state index in [0.29, 0.717) is 0 Å². The molecule has 0 spiro atoms. The predicted molar refractivity (Wildman–Crippen MR) is 42.3 cm³/mol. The molecule has 0 heterocycles. The second-order valence-electron chi connectivity index (χ2n) is 2.26. The fraction of sp³-hybridized carbons (Fsp3) is 0.286. The molecule has 0 aliphatic heterocycles. The smallest absolute Gasteiger partial charge is 0.339 e. The number of nitrogens with zero attached hydrogens (tertiary/aromatic N) is 3. The van der Waals surface area contributed by atoms with Crippen molar-refractivity contribution in [2.24, 2.45) is 0 Å². The van der Waals surface area contributed by atoms with Gasteiger partial charge in [-0.2, -0.15) is 4.79 Å². The van der Waals surface area contributed by atoms with Gasteiger partial charge in [-0.25, -0.2) is 0 Å². The fourth-order valence-corrected chi connectivity index (χ4v) is 0.986. The summed E-state index contributed by atoms with van der Waals surface area (Å²) in [5.74, 6) is 0. The van der Waals surface area contributed by atoms with E-state index in [1.807, 2.05) is 0 Å². The molecular formula is C7H6N3O3. The monoisotopic (exact) mass is 180 g/mol. The number of methoxy groups -OCH3 is 1. The Bertz CT molecular complexity index is 339. The van der Waals surface area contributed by atoms with Crippen molar-refractivity contribution in [1.82, 2.24) is 0 Å². The predicted octanol–water partition coefficient (Wildman–Crippen LogP) is 0.206. The Morgan fingerprint density at radius 3 is 3.00 bits per heavy atom. The van der Waals surface area contributed by atoms with E-state index in [2.05, 4.69) is 10.9 Å². The van der Waals surface area contributed by atoms with Crippen LogP contribution in [-0.2, 0) is 4.74 Å². The van der Waals surface area contributed by atoms with Gasteiger partial charge in [-0.3, -0.25) is 10.1 Å². The molecule has 1 radical (unpaired) electrons. The second-order valence-corrected chi connectivity index (χ2v) is 2.26. The molecule has 1 aliphatic rings. The number of ether oxygens (including phenoxy) is 1. The molecule has 6 heteroatoms. The van der Waals surface area contributed by atoms with E-state index in [1.165, 1.54) is 19.3 Å². The first-order chi connectivity index (χ1) is 6.20. The molecule has 0 bridgehead atoms. The highest BCUT2D eigenvalue weighted by molar-refractivity contribution is 5.93. The van der Waals surface area contributed by atoms with Crippen LogP contribution >= 0.6 is 0 Å². The van der Waals surface area contributed by atoms with Crippen molar-refractivity contribution in [1.29, 1.82) is 0 Å². The molecule has 1 atom stereocenters. The van der Waals surface area contributed by atoms with E-state index in [1.54, 1.807) is 0 Å². The Hall–Kier alpha value is -1.78. The Morgan fingerprint density at radius 1 is 1.85 bits per heavy atom. The van der Waals surface area contributed by atoms with Crippen LogP contribution in [0, 0.1) is 16.2 Å². The number of rotatable bonds is 2. The Balaban J connectivity index is 3.09. The lowest BCUT2D eigenvalue weighted by molar-refractivity contribution is -0.434. The van der Waals surface area contributed by atoms with Gasteiger partial charge in [0.2, 0.25) is 6.10 Å². The molecule has 1 unspecified atom stereocenters. The van der Waals surface area contributed by atoms with Gasteiger partial charge in [-0.1, -0.05) is 0 Å². The highest BCUT2D eigenvalue weighted by atomic mass is 16.6. The van der Waals surface area contributed by atoms with Crippen molar-refractivity contribution >= 4 is 5.71 Å². The minimum atomic E-state index is -0.954. The van der Waals surface area contributed by atoms with Gasteiger partial charge in [0.25, 0.3) is 5.70 Å². The fourth-order valence-electron chi connectivity index (χ4n) is 0.986. The molecular weight excluding hydrogens is 174 g/mol. The Kier molecular flexibility index (Phi) is 2.69. The Morgan fingerprint density at radius 2 is 2.54 bits per heavy atom. The molecule has 0 amide bonds. The maximum absolute atomic E-state index is 10.5. The summed E-state index contributed by atoms with van der Waals surface area (Å²) in [6.45, 7) is 0. The van der Waals surface area contributed by atoms with Gasteiger partial charge in [-0.05, 0) is 6.08 Å². The molecule has 0 N–H and O–H groups in total. The number of hydrogen-bond donors (Lipinski definition) is 0. The lowest BCUT2D eigenvalue weighted by Crippen LogP contribution is -2.30. The van der Waals surface area contributed by atoms with Crippen LogP contribution in [0.15, 0.2) is 17.8 Å². The first-order valence-electron chi connectivity index (χ1n) is 3.39. The summed E-state index contributed by atoms with van der Waals surface area (Å²) in [7, 11) is 1.29. The van der Waals surface area contributed by atoms with Gasteiger partial charge in [-0.15, -0.1) is 0 Å². The highest BCUT2D eigenvalue weighted by Crippen LogP contribution is 2.12. The van der Waals surface area contributed by atoms with Crippen LogP contribution in [0.25, 0.3) is 5.53 Å². The van der Waals surface area contributed by atoms with Gasteiger partial charge in [0.1, 0.15) is 0 Å². The molecule has 1 aliphatic carbocycles. The van der Waals surface area contributed by atoms with E-state index in [0.717, 1.165) is 0 Å². The zero-order chi connectivity index (χ0) is 9.84. The van der Waals surface area contributed by atoms with Gasteiger partial charge in [0.15, 0.2) is 0 Å². The molecule has 1 rings (SSSR count). The summed E-state index contributed by atoms with van der Waals surface area (Å²) in [5.41, 5.74) is 8.29. The summed E-state index contributed by atoms with van der Waals surface area (Å²) in [4.78, 5) is 12.7. The summed E-state index contributed by atoms with van der Waals surface area (Å²) in [5, 5.41) is 10.5. The van der Waals surface area contributed by atoms with Crippen molar-refractivity contribution in [2.75, 3.05) is 7.11 Å². The summed E-state index contributed by atoms with van der Waals surface area (Å²) >= 11 is 0. The van der Waals surface area contributed by atoms with Crippen LogP contribution in [0.1, 0.15) is 0 Å². The summed E-state index contributed by atoms with van der Waals surface area (Å²) in [6, 6.07) is 0. The molecule has 0 fully saturated rings. The van der Waals surface area contributed by atoms with E-state index in [9.17, 15) is 10.1 Å². The molecule has 0 saturated heterocycles. The maximum atomic E-state index is 10.5. The minimum absolute atomic E-state index is 0.00306. The molecule has 6 nitrogen and oxygen atoms in total. The Labute approximate surface area is 73.9 Å². The lowest BCUT2D eigenvalue weighted by atomic mass is 10.1. The van der Waals surface area contributed by atoms with Crippen LogP contribution in [0.4, 0.5) is 0 Å². The minimum Gasteiger partial charge on any atom is -0.361 e. The van der Waals surface area contributed by atoms with Crippen molar-refractivity contribution in [3.05, 3.63) is 39.6 Å². The van der Waals surface area contributed by atoms with Crippen molar-refractivity contribution in [2.45, 2.75) is 6.10 Å². The standard InChI is InChI=1S/C7H6N3O3/c1-13-7-5(9-8)3-2-4-6(7)10(11)12/h2,4,7H,1H3. The quantitative estimate of drug-likeness (QED) is 0.263. The van der Waals surface area contributed by atoms with Gasteiger partial charge in [0.05, 0.1) is 11.0 Å². The van der Waals surface area contributed by atoms with Crippen LogP contribution in [0.5, 0.6) is 0 Å². The summed E-state index contributed by atoms with van der Waals surface area (Å²) in [6.07, 6.45) is 4.13. The van der Waals surface area contributed by atoms with Crippen LogP contribution < -0.4 is 0 Å². The number of hydrogen-bond acceptors (Lipinski definition) is 3. The lowest BCUT2D eigenvalue weighted by Gasteiger charge is -2.07. The molecule has 13 heavy (non-hydrogen) atoms. The molecule has 0 aromatic carbocycles. The zero-order valence-corrected chi connectivity index (χ0v) is 6.80. The van der Waals surface area contributed by atoms with E-state index in [-0.39, 0.29) is 11.4 Å². The topological polar surface area (TPSA) is 88.8 Å². The van der Waals surface area contributed by atoms with Crippen LogP contribution in [0.3, 0.4) is 0 Å². The molecule has 67 valence electrons. The van der Waals surface area contributed by atoms with Gasteiger partial charge >= 0.3 is 5.71 Å². The molecule has 0 saturated carbocycles. The zero-order valence-electron chi connectivity index (χ0n) is 6.80. The van der Waals surface area contributed by atoms with E-state index >= 15 is 0 Å². The van der Waals surface area contributed by atoms with E-state index < -0.39 is 11.0 Å². The van der Waals surface area contributed by atoms with Crippen molar-refractivity contribution < 1.29 is 14.5 Å². The molecule has 0 aromatic rings. The third kappa shape index (κ3) is 1.69. The number of nitro groups is 1. The first-order valence-corrected chi connectivity index (χ1v) is 3.39. The number of allylic oxidation sites excluding steroid dienone is 2. The van der Waals surface area contributed by atoms with Crippen molar-refractivity contribution in [3.8, 4) is 0 Å². The molecule has 0 aromatic heterocycles. The second kappa shape index (κ2) is 3.75. The third-order valence-electron chi connectivity index (χ3n) is 1.56. The summed E-state index contributed by atoms with van der Waals surface area (Å²) < 4.78 is 4.79. The average Bonchev–Trinajstić information content (AvgIpc) is 2.16. The normalized spacial score (nSPS) is 20.8. The largest absolute Gasteiger partial charge is 0.361 e. The van der Waals surface area contributed by atoms with Crippen LogP contribution in [-0.4, -0.2) is 28.6 Å². The average molecular weight is 180 g/mol. The maximum Gasteiger partial charge on any atom is 0.339 e.